The van der Waals surface area contributed by atoms with Crippen LogP contribution in [0.25, 0.3) is 33.5 Å². The van der Waals surface area contributed by atoms with Crippen molar-refractivity contribution in [2.45, 2.75) is 6.61 Å². The molecule has 0 fully saturated rings. The van der Waals surface area contributed by atoms with Crippen molar-refractivity contribution in [2.24, 2.45) is 0 Å². The lowest BCUT2D eigenvalue weighted by molar-refractivity contribution is 0.308. The molecule has 2 aromatic heterocycles. The molecule has 0 radical (unpaired) electrons. The number of hydrogen-bond acceptors (Lipinski definition) is 4. The van der Waals surface area contributed by atoms with Gasteiger partial charge in [0, 0.05) is 5.39 Å². The van der Waals surface area contributed by atoms with Gasteiger partial charge in [-0.25, -0.2) is 9.97 Å². The first-order chi connectivity index (χ1) is 14.3. The molecule has 0 aliphatic rings. The third-order valence-electron chi connectivity index (χ3n) is 4.84. The summed E-state index contributed by atoms with van der Waals surface area (Å²) in [5.74, 6) is 2.30. The summed E-state index contributed by atoms with van der Waals surface area (Å²) >= 11 is 0. The van der Waals surface area contributed by atoms with Crippen molar-refractivity contribution in [1.82, 2.24) is 15.0 Å². The first-order valence-corrected chi connectivity index (χ1v) is 9.41. The maximum absolute atomic E-state index is 6.11. The van der Waals surface area contributed by atoms with Crippen molar-refractivity contribution in [3.05, 3.63) is 84.4 Å². The Morgan fingerprint density at radius 3 is 2.66 bits per heavy atom. The number of imidazole rings is 1. The summed E-state index contributed by atoms with van der Waals surface area (Å²) in [5, 5.41) is 1.02. The maximum Gasteiger partial charge on any atom is 0.157 e. The second-order valence-corrected chi connectivity index (χ2v) is 6.77. The van der Waals surface area contributed by atoms with E-state index in [4.69, 9.17) is 14.5 Å². The number of fused-ring (bicyclic) bond motifs is 2. The summed E-state index contributed by atoms with van der Waals surface area (Å²) in [6, 6.07) is 25.8. The highest BCUT2D eigenvalue weighted by Gasteiger charge is 2.10. The molecule has 0 saturated carbocycles. The second-order valence-electron chi connectivity index (χ2n) is 6.77. The van der Waals surface area contributed by atoms with Gasteiger partial charge in [-0.15, -0.1) is 0 Å². The van der Waals surface area contributed by atoms with Gasteiger partial charge in [0.2, 0.25) is 0 Å². The quantitative estimate of drug-likeness (QED) is 0.445. The molecule has 0 aliphatic carbocycles. The molecule has 0 spiro atoms. The van der Waals surface area contributed by atoms with Gasteiger partial charge in [-0.1, -0.05) is 42.5 Å². The molecular weight excluding hydrogens is 362 g/mol. The van der Waals surface area contributed by atoms with E-state index >= 15 is 0 Å². The molecule has 0 saturated heterocycles. The Hall–Kier alpha value is -3.86. The number of nitrogens with one attached hydrogen (secondary N) is 1. The molecule has 5 rings (SSSR count). The van der Waals surface area contributed by atoms with Crippen molar-refractivity contribution in [3.63, 3.8) is 0 Å². The Morgan fingerprint density at radius 1 is 0.862 bits per heavy atom. The number of ether oxygens (including phenoxy) is 2. The van der Waals surface area contributed by atoms with Gasteiger partial charge in [0.15, 0.2) is 5.82 Å². The van der Waals surface area contributed by atoms with E-state index in [1.54, 1.807) is 7.11 Å². The molecule has 5 nitrogen and oxygen atoms in total. The lowest BCUT2D eigenvalue weighted by Crippen LogP contribution is -1.98. The molecule has 29 heavy (non-hydrogen) atoms. The number of aromatic nitrogens is 3. The van der Waals surface area contributed by atoms with Crippen LogP contribution in [-0.2, 0) is 6.61 Å². The molecule has 0 atom stereocenters. The van der Waals surface area contributed by atoms with Gasteiger partial charge < -0.3 is 14.5 Å². The second kappa shape index (κ2) is 7.28. The van der Waals surface area contributed by atoms with Crippen molar-refractivity contribution in [1.29, 1.82) is 0 Å². The lowest BCUT2D eigenvalue weighted by Gasteiger charge is -2.10. The number of benzene rings is 3. The molecule has 0 amide bonds. The van der Waals surface area contributed by atoms with E-state index < -0.39 is 0 Å². The van der Waals surface area contributed by atoms with Crippen molar-refractivity contribution < 1.29 is 9.47 Å². The predicted octanol–water partition coefficient (Wildman–Crippen LogP) is 5.37. The highest BCUT2D eigenvalue weighted by atomic mass is 16.5. The SMILES string of the molecule is COc1cccc(COc2cccc3ccc(-c4nc5ccccc5[nH]4)nc23)c1. The Kier molecular flexibility index (Phi) is 4.33. The van der Waals surface area contributed by atoms with Crippen LogP contribution in [0.1, 0.15) is 5.56 Å². The van der Waals surface area contributed by atoms with E-state index in [0.717, 1.165) is 50.5 Å². The Morgan fingerprint density at radius 2 is 1.76 bits per heavy atom. The average molecular weight is 381 g/mol. The normalized spacial score (nSPS) is 11.1. The largest absolute Gasteiger partial charge is 0.497 e. The minimum atomic E-state index is 0.437. The Balaban J connectivity index is 1.49. The van der Waals surface area contributed by atoms with Gasteiger partial charge in [0.25, 0.3) is 0 Å². The van der Waals surface area contributed by atoms with Crippen LogP contribution < -0.4 is 9.47 Å². The molecule has 5 heteroatoms. The van der Waals surface area contributed by atoms with E-state index in [1.807, 2.05) is 78.9 Å². The number of nitrogens with zero attached hydrogens (tertiary/aromatic N) is 2. The van der Waals surface area contributed by atoms with Crippen LogP contribution in [0, 0.1) is 0 Å². The van der Waals surface area contributed by atoms with Gasteiger partial charge in [-0.2, -0.15) is 0 Å². The average Bonchev–Trinajstić information content (AvgIpc) is 3.22. The van der Waals surface area contributed by atoms with Gasteiger partial charge in [-0.3, -0.25) is 0 Å². The minimum absolute atomic E-state index is 0.437. The number of aromatic amines is 1. The molecule has 1 N–H and O–H groups in total. The number of rotatable bonds is 5. The zero-order valence-electron chi connectivity index (χ0n) is 15.9. The topological polar surface area (TPSA) is 60.0 Å². The van der Waals surface area contributed by atoms with Crippen LogP contribution >= 0.6 is 0 Å². The van der Waals surface area contributed by atoms with Gasteiger partial charge in [-0.05, 0) is 42.0 Å². The van der Waals surface area contributed by atoms with E-state index in [9.17, 15) is 0 Å². The van der Waals surface area contributed by atoms with Crippen molar-refractivity contribution >= 4 is 21.9 Å². The third kappa shape index (κ3) is 3.38. The van der Waals surface area contributed by atoms with Gasteiger partial charge in [0.1, 0.15) is 29.3 Å². The van der Waals surface area contributed by atoms with E-state index in [1.165, 1.54) is 0 Å². The number of methoxy groups -OCH3 is 1. The van der Waals surface area contributed by atoms with Crippen molar-refractivity contribution in [3.8, 4) is 23.0 Å². The number of hydrogen-bond donors (Lipinski definition) is 1. The lowest BCUT2D eigenvalue weighted by atomic mass is 10.2. The third-order valence-corrected chi connectivity index (χ3v) is 4.84. The van der Waals surface area contributed by atoms with Crippen LogP contribution in [0.3, 0.4) is 0 Å². The fourth-order valence-electron chi connectivity index (χ4n) is 3.37. The molecule has 0 unspecified atom stereocenters. The van der Waals surface area contributed by atoms with Crippen LogP contribution in [0.5, 0.6) is 11.5 Å². The van der Waals surface area contributed by atoms with Crippen LogP contribution in [0.15, 0.2) is 78.9 Å². The summed E-state index contributed by atoms with van der Waals surface area (Å²) < 4.78 is 11.4. The number of H-pyrrole nitrogens is 1. The van der Waals surface area contributed by atoms with Crippen LogP contribution in [-0.4, -0.2) is 22.1 Å². The van der Waals surface area contributed by atoms with Crippen LogP contribution in [0.4, 0.5) is 0 Å². The van der Waals surface area contributed by atoms with E-state index in [2.05, 4.69) is 9.97 Å². The number of pyridine rings is 1. The van der Waals surface area contributed by atoms with Crippen molar-refractivity contribution in [2.75, 3.05) is 7.11 Å². The minimum Gasteiger partial charge on any atom is -0.497 e. The first kappa shape index (κ1) is 17.3. The van der Waals surface area contributed by atoms with E-state index in [0.29, 0.717) is 6.61 Å². The zero-order chi connectivity index (χ0) is 19.6. The Labute approximate surface area is 168 Å². The fraction of sp³-hybridized carbons (Fsp3) is 0.0833. The fourth-order valence-corrected chi connectivity index (χ4v) is 3.37. The Bertz CT molecular complexity index is 1280. The molecule has 5 aromatic rings. The predicted molar refractivity (Wildman–Crippen MR) is 114 cm³/mol. The van der Waals surface area contributed by atoms with Gasteiger partial charge in [0.05, 0.1) is 18.1 Å². The molecule has 0 bridgehead atoms. The number of para-hydroxylation sites is 3. The first-order valence-electron chi connectivity index (χ1n) is 9.41. The molecule has 2 heterocycles. The molecule has 142 valence electrons. The van der Waals surface area contributed by atoms with Gasteiger partial charge >= 0.3 is 0 Å². The summed E-state index contributed by atoms with van der Waals surface area (Å²) in [5.41, 5.74) is 4.55. The molecular formula is C24H19N3O2. The van der Waals surface area contributed by atoms with Crippen LogP contribution in [0.2, 0.25) is 0 Å². The maximum atomic E-state index is 6.11. The molecule has 0 aliphatic heterocycles. The molecule has 3 aromatic carbocycles. The summed E-state index contributed by atoms with van der Waals surface area (Å²) in [4.78, 5) is 12.8. The highest BCUT2D eigenvalue weighted by Crippen LogP contribution is 2.28. The highest BCUT2D eigenvalue weighted by molar-refractivity contribution is 5.87. The van der Waals surface area contributed by atoms with E-state index in [-0.39, 0.29) is 0 Å². The summed E-state index contributed by atoms with van der Waals surface area (Å²) in [6.07, 6.45) is 0. The monoisotopic (exact) mass is 381 g/mol. The smallest absolute Gasteiger partial charge is 0.157 e. The summed E-state index contributed by atoms with van der Waals surface area (Å²) in [7, 11) is 1.66. The standard InChI is InChI=1S/C24H19N3O2/c1-28-18-8-4-6-16(14-18)15-29-22-11-5-7-17-12-13-21(25-23(17)22)24-26-19-9-2-3-10-20(19)27-24/h2-14H,15H2,1H3,(H,26,27). The zero-order valence-corrected chi connectivity index (χ0v) is 15.9. The summed E-state index contributed by atoms with van der Waals surface area (Å²) in [6.45, 7) is 0.437.